The molecule has 0 spiro atoms. The Kier molecular flexibility index (Phi) is 5.99. The van der Waals surface area contributed by atoms with Gasteiger partial charge in [-0.1, -0.05) is 30.3 Å². The van der Waals surface area contributed by atoms with Crippen molar-refractivity contribution in [1.29, 1.82) is 0 Å². The van der Waals surface area contributed by atoms with Crippen LogP contribution >= 0.6 is 11.3 Å². The van der Waals surface area contributed by atoms with Gasteiger partial charge < -0.3 is 14.5 Å². The predicted octanol–water partition coefficient (Wildman–Crippen LogP) is 3.87. The van der Waals surface area contributed by atoms with Gasteiger partial charge in [-0.25, -0.2) is 4.98 Å². The highest BCUT2D eigenvalue weighted by atomic mass is 32.1. The summed E-state index contributed by atoms with van der Waals surface area (Å²) in [6, 6.07) is 14.7. The highest BCUT2D eigenvalue weighted by Crippen LogP contribution is 2.24. The van der Waals surface area contributed by atoms with Crippen LogP contribution in [0.5, 0.6) is 0 Å². The van der Waals surface area contributed by atoms with Crippen molar-refractivity contribution in [2.24, 2.45) is 0 Å². The van der Waals surface area contributed by atoms with Crippen LogP contribution in [0.3, 0.4) is 0 Å². The Bertz CT molecular complexity index is 840. The summed E-state index contributed by atoms with van der Waals surface area (Å²) in [6.07, 6.45) is 0. The van der Waals surface area contributed by atoms with Crippen molar-refractivity contribution in [1.82, 2.24) is 15.2 Å². The maximum Gasteiger partial charge on any atom is 0.122 e. The van der Waals surface area contributed by atoms with Gasteiger partial charge in [0.25, 0.3) is 0 Å². The molecule has 142 valence electrons. The molecule has 0 amide bonds. The molecule has 1 aromatic carbocycles. The molecule has 27 heavy (non-hydrogen) atoms. The van der Waals surface area contributed by atoms with E-state index in [1.165, 1.54) is 0 Å². The smallest absolute Gasteiger partial charge is 0.122 e. The lowest BCUT2D eigenvalue weighted by molar-refractivity contribution is 0.0115. The van der Waals surface area contributed by atoms with Gasteiger partial charge in [0.15, 0.2) is 0 Å². The van der Waals surface area contributed by atoms with E-state index in [9.17, 15) is 0 Å². The standard InChI is InChI=1S/C21H25N3O2S/c1-16-7-8-20(26-16)19(24-9-11-25-12-10-24)13-22-14-21-23-18(15-27-21)17-5-3-2-4-6-17/h2-8,15,19,22H,9-14H2,1H3. The third-order valence-corrected chi connectivity index (χ3v) is 5.66. The zero-order valence-corrected chi connectivity index (χ0v) is 16.4. The lowest BCUT2D eigenvalue weighted by Crippen LogP contribution is -2.42. The zero-order chi connectivity index (χ0) is 18.5. The number of nitrogens with one attached hydrogen (secondary N) is 1. The van der Waals surface area contributed by atoms with Crippen LogP contribution in [0.15, 0.2) is 52.3 Å². The number of benzene rings is 1. The fourth-order valence-corrected chi connectivity index (χ4v) is 4.15. The molecule has 0 aliphatic carbocycles. The number of aromatic nitrogens is 1. The number of hydrogen-bond acceptors (Lipinski definition) is 6. The van der Waals surface area contributed by atoms with E-state index in [1.807, 2.05) is 31.2 Å². The van der Waals surface area contributed by atoms with Crippen LogP contribution in [0.25, 0.3) is 11.3 Å². The van der Waals surface area contributed by atoms with E-state index in [0.717, 1.165) is 67.2 Å². The molecule has 0 bridgehead atoms. The maximum absolute atomic E-state index is 5.93. The number of aryl methyl sites for hydroxylation is 1. The monoisotopic (exact) mass is 383 g/mol. The first kappa shape index (κ1) is 18.4. The van der Waals surface area contributed by atoms with Gasteiger partial charge in [-0.2, -0.15) is 0 Å². The van der Waals surface area contributed by atoms with Crippen molar-refractivity contribution in [3.63, 3.8) is 0 Å². The van der Waals surface area contributed by atoms with E-state index in [-0.39, 0.29) is 6.04 Å². The van der Waals surface area contributed by atoms with Gasteiger partial charge in [0, 0.05) is 37.1 Å². The van der Waals surface area contributed by atoms with E-state index in [2.05, 4.69) is 33.8 Å². The van der Waals surface area contributed by atoms with E-state index >= 15 is 0 Å². The normalized spacial score (nSPS) is 16.5. The highest BCUT2D eigenvalue weighted by molar-refractivity contribution is 7.09. The maximum atomic E-state index is 5.93. The van der Waals surface area contributed by atoms with Crippen molar-refractivity contribution >= 4 is 11.3 Å². The molecule has 2 aromatic heterocycles. The molecule has 1 aliphatic heterocycles. The topological polar surface area (TPSA) is 50.5 Å². The Hall–Kier alpha value is -1.99. The Labute approximate surface area is 164 Å². The number of furan rings is 1. The fraction of sp³-hybridized carbons (Fsp3) is 0.381. The van der Waals surface area contributed by atoms with Crippen LogP contribution in [0, 0.1) is 6.92 Å². The van der Waals surface area contributed by atoms with Gasteiger partial charge in [0.2, 0.25) is 0 Å². The minimum absolute atomic E-state index is 0.219. The van der Waals surface area contributed by atoms with Crippen LogP contribution < -0.4 is 5.32 Å². The number of thiazole rings is 1. The van der Waals surface area contributed by atoms with Gasteiger partial charge in [0.1, 0.15) is 16.5 Å². The third kappa shape index (κ3) is 4.65. The Balaban J connectivity index is 1.38. The molecule has 3 aromatic rings. The largest absolute Gasteiger partial charge is 0.465 e. The lowest BCUT2D eigenvalue weighted by atomic mass is 10.1. The summed E-state index contributed by atoms with van der Waals surface area (Å²) < 4.78 is 11.4. The molecular weight excluding hydrogens is 358 g/mol. The molecular formula is C21H25N3O2S. The quantitative estimate of drug-likeness (QED) is 0.671. The molecule has 1 aliphatic rings. The van der Waals surface area contributed by atoms with E-state index in [0.29, 0.717) is 0 Å². The first-order valence-corrected chi connectivity index (χ1v) is 10.3. The Morgan fingerprint density at radius 1 is 1.15 bits per heavy atom. The minimum Gasteiger partial charge on any atom is -0.465 e. The molecule has 1 N–H and O–H groups in total. The predicted molar refractivity (Wildman–Crippen MR) is 108 cm³/mol. The van der Waals surface area contributed by atoms with Crippen molar-refractivity contribution < 1.29 is 9.15 Å². The number of nitrogens with zero attached hydrogens (tertiary/aromatic N) is 2. The molecule has 1 atom stereocenters. The summed E-state index contributed by atoms with van der Waals surface area (Å²) in [5.74, 6) is 1.97. The van der Waals surface area contributed by atoms with E-state index < -0.39 is 0 Å². The molecule has 4 rings (SSSR count). The average molecular weight is 384 g/mol. The zero-order valence-electron chi connectivity index (χ0n) is 15.6. The summed E-state index contributed by atoms with van der Waals surface area (Å²) in [4.78, 5) is 7.20. The SMILES string of the molecule is Cc1ccc(C(CNCc2nc(-c3ccccc3)cs2)N2CCOCC2)o1. The van der Waals surface area contributed by atoms with Gasteiger partial charge in [-0.05, 0) is 19.1 Å². The van der Waals surface area contributed by atoms with Crippen LogP contribution in [-0.4, -0.2) is 42.7 Å². The number of rotatable bonds is 7. The second kappa shape index (κ2) is 8.80. The summed E-state index contributed by atoms with van der Waals surface area (Å²) in [7, 11) is 0. The molecule has 1 unspecified atom stereocenters. The molecule has 6 heteroatoms. The highest BCUT2D eigenvalue weighted by Gasteiger charge is 2.25. The third-order valence-electron chi connectivity index (χ3n) is 4.81. The fourth-order valence-electron chi connectivity index (χ4n) is 3.38. The summed E-state index contributed by atoms with van der Waals surface area (Å²) >= 11 is 1.70. The van der Waals surface area contributed by atoms with E-state index in [1.54, 1.807) is 11.3 Å². The van der Waals surface area contributed by atoms with Crippen LogP contribution in [0.2, 0.25) is 0 Å². The molecule has 0 saturated carbocycles. The van der Waals surface area contributed by atoms with Crippen molar-refractivity contribution in [2.45, 2.75) is 19.5 Å². The minimum atomic E-state index is 0.219. The van der Waals surface area contributed by atoms with Crippen molar-refractivity contribution in [3.05, 3.63) is 64.4 Å². The lowest BCUT2D eigenvalue weighted by Gasteiger charge is -2.33. The van der Waals surface area contributed by atoms with Gasteiger partial charge >= 0.3 is 0 Å². The van der Waals surface area contributed by atoms with E-state index in [4.69, 9.17) is 14.1 Å². The first-order valence-electron chi connectivity index (χ1n) is 9.38. The molecule has 3 heterocycles. The molecule has 1 saturated heterocycles. The Morgan fingerprint density at radius 2 is 1.96 bits per heavy atom. The average Bonchev–Trinajstić information content (AvgIpc) is 3.36. The van der Waals surface area contributed by atoms with Crippen molar-refractivity contribution in [2.75, 3.05) is 32.8 Å². The second-order valence-electron chi connectivity index (χ2n) is 6.74. The molecule has 5 nitrogen and oxygen atoms in total. The molecule has 1 fully saturated rings. The number of morpholine rings is 1. The number of ether oxygens (including phenoxy) is 1. The summed E-state index contributed by atoms with van der Waals surface area (Å²) in [5, 5.41) is 6.81. The van der Waals surface area contributed by atoms with Gasteiger partial charge in [0.05, 0.1) is 24.9 Å². The molecule has 0 radical (unpaired) electrons. The first-order chi connectivity index (χ1) is 13.3. The number of hydrogen-bond donors (Lipinski definition) is 1. The van der Waals surface area contributed by atoms with Gasteiger partial charge in [-0.15, -0.1) is 11.3 Å². The van der Waals surface area contributed by atoms with Crippen LogP contribution in [0.4, 0.5) is 0 Å². The summed E-state index contributed by atoms with van der Waals surface area (Å²) in [6.45, 7) is 7.01. The second-order valence-corrected chi connectivity index (χ2v) is 7.68. The van der Waals surface area contributed by atoms with Gasteiger partial charge in [-0.3, -0.25) is 4.90 Å². The summed E-state index contributed by atoms with van der Waals surface area (Å²) in [5.41, 5.74) is 2.21. The van der Waals surface area contributed by atoms with Crippen LogP contribution in [0.1, 0.15) is 22.6 Å². The van der Waals surface area contributed by atoms with Crippen molar-refractivity contribution in [3.8, 4) is 11.3 Å². The Morgan fingerprint density at radius 3 is 2.70 bits per heavy atom. The van der Waals surface area contributed by atoms with Crippen LogP contribution in [-0.2, 0) is 11.3 Å².